The Balaban J connectivity index is 2.38. The van der Waals surface area contributed by atoms with E-state index in [4.69, 9.17) is 14.6 Å². The summed E-state index contributed by atoms with van der Waals surface area (Å²) in [6, 6.07) is 0. The number of rotatable bonds is 1. The Morgan fingerprint density at radius 1 is 1.56 bits per heavy atom. The van der Waals surface area contributed by atoms with E-state index < -0.39 is 5.62 Å². The predicted molar refractivity (Wildman–Crippen MR) is 35.3 cm³/mol. The van der Waals surface area contributed by atoms with Crippen molar-refractivity contribution in [3.05, 3.63) is 0 Å². The molecule has 3 nitrogen and oxygen atoms in total. The summed E-state index contributed by atoms with van der Waals surface area (Å²) in [5.74, 6) is 0. The summed E-state index contributed by atoms with van der Waals surface area (Å²) < 4.78 is 10.1. The summed E-state index contributed by atoms with van der Waals surface area (Å²) in [4.78, 5) is 0. The molecule has 1 saturated heterocycles. The lowest BCUT2D eigenvalue weighted by atomic mass is 10.2. The quantitative estimate of drug-likeness (QED) is 0.517. The molecule has 0 aromatic carbocycles. The third-order valence-corrected chi connectivity index (χ3v) is 1.57. The van der Waals surface area contributed by atoms with Crippen LogP contribution in [0.5, 0.6) is 0 Å². The van der Waals surface area contributed by atoms with Crippen molar-refractivity contribution in [2.75, 3.05) is 6.61 Å². The van der Waals surface area contributed by atoms with Crippen LogP contribution >= 0.6 is 12.6 Å². The second-order valence-corrected chi connectivity index (χ2v) is 2.43. The van der Waals surface area contributed by atoms with Crippen molar-refractivity contribution < 1.29 is 14.6 Å². The zero-order chi connectivity index (χ0) is 6.85. The predicted octanol–water partition coefficient (Wildman–Crippen LogP) is -0.00400. The van der Waals surface area contributed by atoms with Crippen molar-refractivity contribution in [3.8, 4) is 0 Å². The highest BCUT2D eigenvalue weighted by Crippen LogP contribution is 2.19. The van der Waals surface area contributed by atoms with E-state index >= 15 is 0 Å². The van der Waals surface area contributed by atoms with Gasteiger partial charge >= 0.3 is 0 Å². The smallest absolute Gasteiger partial charge is 0.204 e. The maximum Gasteiger partial charge on any atom is 0.204 e. The van der Waals surface area contributed by atoms with Gasteiger partial charge in [0.2, 0.25) is 5.62 Å². The maximum absolute atomic E-state index is 8.62. The van der Waals surface area contributed by atoms with Crippen LogP contribution in [0, 0.1) is 0 Å². The highest BCUT2D eigenvalue weighted by molar-refractivity contribution is 7.80. The van der Waals surface area contributed by atoms with Gasteiger partial charge in [0.25, 0.3) is 0 Å². The molecule has 54 valence electrons. The molecular formula is C5H10O3S. The van der Waals surface area contributed by atoms with Crippen LogP contribution < -0.4 is 0 Å². The first-order chi connectivity index (χ1) is 4.24. The second-order valence-electron chi connectivity index (χ2n) is 2.01. The van der Waals surface area contributed by atoms with Gasteiger partial charge in [0.05, 0.1) is 12.7 Å². The van der Waals surface area contributed by atoms with E-state index in [0.717, 1.165) is 0 Å². The van der Waals surface area contributed by atoms with Gasteiger partial charge in [0.1, 0.15) is 6.10 Å². The third-order valence-electron chi connectivity index (χ3n) is 1.33. The molecule has 1 fully saturated rings. The average Bonchev–Trinajstić information content (AvgIpc) is 2.10. The molecule has 1 heterocycles. The van der Waals surface area contributed by atoms with Gasteiger partial charge in [-0.25, -0.2) is 0 Å². The Labute approximate surface area is 59.4 Å². The number of ether oxygens (including phenoxy) is 2. The van der Waals surface area contributed by atoms with Gasteiger partial charge in [-0.2, -0.15) is 0 Å². The minimum atomic E-state index is -0.461. The van der Waals surface area contributed by atoms with Crippen molar-refractivity contribution in [2.24, 2.45) is 0 Å². The van der Waals surface area contributed by atoms with Crippen molar-refractivity contribution in [1.29, 1.82) is 0 Å². The van der Waals surface area contributed by atoms with E-state index in [1.165, 1.54) is 0 Å². The molecule has 4 heteroatoms. The minimum absolute atomic E-state index is 0.00176. The Morgan fingerprint density at radius 3 is 2.44 bits per heavy atom. The molecule has 0 aromatic rings. The van der Waals surface area contributed by atoms with Gasteiger partial charge in [-0.1, -0.05) is 0 Å². The van der Waals surface area contributed by atoms with E-state index in [0.29, 0.717) is 0 Å². The van der Waals surface area contributed by atoms with Gasteiger partial charge in [0, 0.05) is 0 Å². The summed E-state index contributed by atoms with van der Waals surface area (Å²) in [6.07, 6.45) is -0.245. The van der Waals surface area contributed by atoms with Gasteiger partial charge in [-0.15, -0.1) is 12.6 Å². The highest BCUT2D eigenvalue weighted by Gasteiger charge is 2.29. The molecule has 1 rings (SSSR count). The maximum atomic E-state index is 8.62. The van der Waals surface area contributed by atoms with Gasteiger partial charge in [-0.05, 0) is 6.92 Å². The van der Waals surface area contributed by atoms with Crippen LogP contribution in [0.2, 0.25) is 0 Å². The van der Waals surface area contributed by atoms with Crippen LogP contribution in [0.4, 0.5) is 0 Å². The van der Waals surface area contributed by atoms with Crippen molar-refractivity contribution in [1.82, 2.24) is 0 Å². The fourth-order valence-electron chi connectivity index (χ4n) is 0.755. The number of hydrogen-bond acceptors (Lipinski definition) is 4. The van der Waals surface area contributed by atoms with Gasteiger partial charge in [-0.3, -0.25) is 0 Å². The summed E-state index contributed by atoms with van der Waals surface area (Å²) in [7, 11) is 0. The average molecular weight is 150 g/mol. The van der Waals surface area contributed by atoms with Crippen LogP contribution in [0.25, 0.3) is 0 Å². The van der Waals surface area contributed by atoms with Gasteiger partial charge < -0.3 is 14.6 Å². The van der Waals surface area contributed by atoms with E-state index in [1.807, 2.05) is 6.92 Å². The molecule has 3 atom stereocenters. The second kappa shape index (κ2) is 2.88. The molecular weight excluding hydrogens is 140 g/mol. The molecule has 1 aliphatic rings. The Kier molecular flexibility index (Phi) is 2.35. The summed E-state index contributed by atoms with van der Waals surface area (Å²) in [5.41, 5.74) is -0.461. The first kappa shape index (κ1) is 7.34. The molecule has 3 unspecified atom stereocenters. The van der Waals surface area contributed by atoms with Crippen LogP contribution in [-0.2, 0) is 9.47 Å². The molecule has 0 amide bonds. The molecule has 0 aliphatic carbocycles. The Hall–Kier alpha value is 0.230. The third kappa shape index (κ3) is 1.58. The van der Waals surface area contributed by atoms with Crippen molar-refractivity contribution in [3.63, 3.8) is 0 Å². The molecule has 1 aliphatic heterocycles. The molecule has 0 aromatic heterocycles. The first-order valence-electron chi connectivity index (χ1n) is 2.84. The van der Waals surface area contributed by atoms with Crippen LogP contribution in [0.3, 0.4) is 0 Å². The fraction of sp³-hybridized carbons (Fsp3) is 1.00. The highest BCUT2D eigenvalue weighted by atomic mass is 32.1. The molecule has 0 radical (unpaired) electrons. The van der Waals surface area contributed by atoms with E-state index in [2.05, 4.69) is 12.6 Å². The SMILES string of the molecule is CC1OC(S)OC1CO. The lowest BCUT2D eigenvalue weighted by Gasteiger charge is -2.06. The van der Waals surface area contributed by atoms with Crippen LogP contribution in [0.1, 0.15) is 6.92 Å². The monoisotopic (exact) mass is 150 g/mol. The lowest BCUT2D eigenvalue weighted by molar-refractivity contribution is -0.000392. The Morgan fingerprint density at radius 2 is 2.22 bits per heavy atom. The molecule has 9 heavy (non-hydrogen) atoms. The fourth-order valence-corrected chi connectivity index (χ4v) is 1.10. The zero-order valence-electron chi connectivity index (χ0n) is 5.15. The first-order valence-corrected chi connectivity index (χ1v) is 3.35. The van der Waals surface area contributed by atoms with Crippen LogP contribution in [-0.4, -0.2) is 29.5 Å². The Bertz CT molecular complexity index is 98.2. The molecule has 1 N–H and O–H groups in total. The molecule has 0 spiro atoms. The van der Waals surface area contributed by atoms with E-state index in [1.54, 1.807) is 0 Å². The largest absolute Gasteiger partial charge is 0.394 e. The van der Waals surface area contributed by atoms with E-state index in [-0.39, 0.29) is 18.8 Å². The summed E-state index contributed by atoms with van der Waals surface area (Å²) in [6.45, 7) is 1.84. The number of hydrogen-bond donors (Lipinski definition) is 2. The normalized spacial score (nSPS) is 43.7. The summed E-state index contributed by atoms with van der Waals surface area (Å²) >= 11 is 3.91. The zero-order valence-corrected chi connectivity index (χ0v) is 6.04. The summed E-state index contributed by atoms with van der Waals surface area (Å²) in [5, 5.41) is 8.62. The minimum Gasteiger partial charge on any atom is -0.394 e. The van der Waals surface area contributed by atoms with E-state index in [9.17, 15) is 0 Å². The topological polar surface area (TPSA) is 38.7 Å². The van der Waals surface area contributed by atoms with Crippen molar-refractivity contribution >= 4 is 12.6 Å². The van der Waals surface area contributed by atoms with Crippen molar-refractivity contribution in [2.45, 2.75) is 24.8 Å². The standard InChI is InChI=1S/C5H10O3S/c1-3-4(2-6)8-5(9)7-3/h3-6,9H,2H2,1H3. The van der Waals surface area contributed by atoms with Crippen LogP contribution in [0.15, 0.2) is 0 Å². The lowest BCUT2D eigenvalue weighted by Crippen LogP contribution is -2.22. The number of thiol groups is 1. The number of aliphatic hydroxyl groups excluding tert-OH is 1. The van der Waals surface area contributed by atoms with Gasteiger partial charge in [0.15, 0.2) is 0 Å². The number of aliphatic hydroxyl groups is 1. The molecule has 0 bridgehead atoms. The molecule has 0 saturated carbocycles.